The zero-order chi connectivity index (χ0) is 25.4. The third-order valence-corrected chi connectivity index (χ3v) is 5.76. The summed E-state index contributed by atoms with van der Waals surface area (Å²) in [4.78, 5) is 23.8. The highest BCUT2D eigenvalue weighted by Gasteiger charge is 2.19. The zero-order valence-electron chi connectivity index (χ0n) is 20.2. The molecule has 2 aromatic rings. The Hall–Kier alpha value is -3.51. The number of aliphatic carboxylic acids is 1. The van der Waals surface area contributed by atoms with Gasteiger partial charge in [0.15, 0.2) is 0 Å². The summed E-state index contributed by atoms with van der Waals surface area (Å²) < 4.78 is 6.12. The summed E-state index contributed by atoms with van der Waals surface area (Å²) in [6.45, 7) is 6.69. The van der Waals surface area contributed by atoms with Crippen molar-refractivity contribution in [3.8, 4) is 11.5 Å². The maximum Gasteiger partial charge on any atom is 0.303 e. The molecule has 0 saturated heterocycles. The van der Waals surface area contributed by atoms with Crippen LogP contribution in [-0.4, -0.2) is 23.5 Å². The SMILES string of the molecule is Cc1cc(Oc2ccccc2CNC(=O)/C2=C/C(C)(C)/C=C(Cl)\C=C/CN2)ccc1CCC(=O)O. The number of para-hydroxylation sites is 1. The number of amides is 1. The summed E-state index contributed by atoms with van der Waals surface area (Å²) in [7, 11) is 0. The Balaban J connectivity index is 1.70. The minimum Gasteiger partial charge on any atom is -0.481 e. The normalized spacial score (nSPS) is 18.9. The van der Waals surface area contributed by atoms with E-state index < -0.39 is 11.4 Å². The van der Waals surface area contributed by atoms with Crippen molar-refractivity contribution in [3.63, 3.8) is 0 Å². The van der Waals surface area contributed by atoms with E-state index in [9.17, 15) is 9.59 Å². The van der Waals surface area contributed by atoms with E-state index in [1.807, 2.05) is 87.5 Å². The molecule has 0 unspecified atom stereocenters. The fourth-order valence-electron chi connectivity index (χ4n) is 3.76. The van der Waals surface area contributed by atoms with Crippen LogP contribution in [0.15, 0.2) is 77.5 Å². The minimum atomic E-state index is -0.818. The van der Waals surface area contributed by atoms with Gasteiger partial charge in [0.2, 0.25) is 0 Å². The second-order valence-corrected chi connectivity index (χ2v) is 9.50. The van der Waals surface area contributed by atoms with Gasteiger partial charge in [0.25, 0.3) is 5.91 Å². The number of carboxylic acid groups (broad SMARTS) is 1. The molecule has 1 aliphatic heterocycles. The largest absolute Gasteiger partial charge is 0.481 e. The summed E-state index contributed by atoms with van der Waals surface area (Å²) in [5.74, 6) is 0.256. The highest BCUT2D eigenvalue weighted by atomic mass is 35.5. The summed E-state index contributed by atoms with van der Waals surface area (Å²) in [5, 5.41) is 15.7. The van der Waals surface area contributed by atoms with Crippen molar-refractivity contribution in [2.75, 3.05) is 6.54 Å². The first-order valence-corrected chi connectivity index (χ1v) is 11.9. The first-order chi connectivity index (χ1) is 16.6. The van der Waals surface area contributed by atoms with Crippen LogP contribution >= 0.6 is 11.6 Å². The molecule has 35 heavy (non-hydrogen) atoms. The molecule has 3 N–H and O–H groups in total. The van der Waals surface area contributed by atoms with Crippen LogP contribution in [0.1, 0.15) is 37.0 Å². The topological polar surface area (TPSA) is 87.7 Å². The number of carbonyl (C=O) groups excluding carboxylic acids is 1. The zero-order valence-corrected chi connectivity index (χ0v) is 21.0. The van der Waals surface area contributed by atoms with E-state index in [0.29, 0.717) is 35.2 Å². The van der Waals surface area contributed by atoms with Crippen LogP contribution in [0.3, 0.4) is 0 Å². The van der Waals surface area contributed by atoms with Crippen LogP contribution in [0.4, 0.5) is 0 Å². The lowest BCUT2D eigenvalue weighted by atomic mass is 9.91. The minimum absolute atomic E-state index is 0.0890. The number of ether oxygens (including phenoxy) is 1. The number of hydrogen-bond acceptors (Lipinski definition) is 4. The van der Waals surface area contributed by atoms with E-state index in [-0.39, 0.29) is 18.9 Å². The van der Waals surface area contributed by atoms with Gasteiger partial charge in [-0.15, -0.1) is 0 Å². The number of carbonyl (C=O) groups is 2. The van der Waals surface area contributed by atoms with E-state index in [0.717, 1.165) is 16.7 Å². The lowest BCUT2D eigenvalue weighted by Gasteiger charge is -2.19. The summed E-state index contributed by atoms with van der Waals surface area (Å²) in [6, 6.07) is 13.2. The number of nitrogens with one attached hydrogen (secondary N) is 2. The number of allylic oxidation sites excluding steroid dienone is 4. The highest BCUT2D eigenvalue weighted by Crippen LogP contribution is 2.28. The van der Waals surface area contributed by atoms with Gasteiger partial charge in [0.05, 0.1) is 5.70 Å². The Bertz CT molecular complexity index is 1180. The van der Waals surface area contributed by atoms with Crippen molar-refractivity contribution >= 4 is 23.5 Å². The van der Waals surface area contributed by atoms with Gasteiger partial charge in [0.1, 0.15) is 11.5 Å². The Morgan fingerprint density at radius 2 is 1.91 bits per heavy atom. The number of benzene rings is 2. The van der Waals surface area contributed by atoms with Crippen LogP contribution in [0.25, 0.3) is 0 Å². The molecule has 1 aliphatic rings. The van der Waals surface area contributed by atoms with E-state index in [1.165, 1.54) is 0 Å². The number of halogens is 1. The average molecular weight is 495 g/mol. The van der Waals surface area contributed by atoms with Crippen molar-refractivity contribution in [2.45, 2.75) is 40.2 Å². The van der Waals surface area contributed by atoms with Crippen LogP contribution in [0, 0.1) is 12.3 Å². The number of aryl methyl sites for hydroxylation is 2. The molecule has 0 spiro atoms. The molecule has 0 radical (unpaired) electrons. The van der Waals surface area contributed by atoms with Gasteiger partial charge in [0, 0.05) is 35.5 Å². The first-order valence-electron chi connectivity index (χ1n) is 11.5. The van der Waals surface area contributed by atoms with Crippen molar-refractivity contribution in [2.24, 2.45) is 5.41 Å². The van der Waals surface area contributed by atoms with Gasteiger partial charge in [-0.25, -0.2) is 0 Å². The lowest BCUT2D eigenvalue weighted by Crippen LogP contribution is -2.32. The average Bonchev–Trinajstić information content (AvgIpc) is 2.85. The summed E-state index contributed by atoms with van der Waals surface area (Å²) in [6.07, 6.45) is 8.03. The molecule has 0 atom stereocenters. The maximum atomic E-state index is 13.0. The molecule has 184 valence electrons. The predicted molar refractivity (Wildman–Crippen MR) is 138 cm³/mol. The molecule has 7 heteroatoms. The Morgan fingerprint density at radius 3 is 2.66 bits per heavy atom. The second kappa shape index (κ2) is 11.8. The molecule has 0 aliphatic carbocycles. The quantitative estimate of drug-likeness (QED) is 0.443. The van der Waals surface area contributed by atoms with Crippen LogP contribution < -0.4 is 15.4 Å². The smallest absolute Gasteiger partial charge is 0.303 e. The first kappa shape index (κ1) is 26.1. The van der Waals surface area contributed by atoms with Gasteiger partial charge in [-0.05, 0) is 54.8 Å². The van der Waals surface area contributed by atoms with Crippen molar-refractivity contribution in [1.82, 2.24) is 10.6 Å². The molecule has 0 bridgehead atoms. The Labute approximate surface area is 211 Å². The fraction of sp³-hybridized carbons (Fsp3) is 0.286. The molecule has 3 rings (SSSR count). The summed E-state index contributed by atoms with van der Waals surface area (Å²) >= 11 is 6.23. The van der Waals surface area contributed by atoms with Gasteiger partial charge >= 0.3 is 5.97 Å². The molecule has 6 nitrogen and oxygen atoms in total. The maximum absolute atomic E-state index is 13.0. The Morgan fingerprint density at radius 1 is 1.14 bits per heavy atom. The second-order valence-electron chi connectivity index (χ2n) is 9.07. The fourth-order valence-corrected chi connectivity index (χ4v) is 4.13. The summed E-state index contributed by atoms with van der Waals surface area (Å²) in [5.41, 5.74) is 2.86. The Kier molecular flexibility index (Phi) is 8.77. The van der Waals surface area contributed by atoms with E-state index in [1.54, 1.807) is 0 Å². The van der Waals surface area contributed by atoms with E-state index >= 15 is 0 Å². The number of rotatable bonds is 8. The molecular weight excluding hydrogens is 464 g/mol. The lowest BCUT2D eigenvalue weighted by molar-refractivity contribution is -0.137. The van der Waals surface area contributed by atoms with Gasteiger partial charge in [-0.2, -0.15) is 0 Å². The van der Waals surface area contributed by atoms with E-state index in [4.69, 9.17) is 21.4 Å². The van der Waals surface area contributed by atoms with Gasteiger partial charge in [-0.1, -0.05) is 61.9 Å². The third kappa shape index (κ3) is 8.04. The van der Waals surface area contributed by atoms with E-state index in [2.05, 4.69) is 10.6 Å². The molecule has 2 aromatic carbocycles. The molecule has 0 aromatic heterocycles. The molecule has 0 fully saturated rings. The van der Waals surface area contributed by atoms with Crippen molar-refractivity contribution in [1.29, 1.82) is 0 Å². The van der Waals surface area contributed by atoms with Crippen molar-refractivity contribution < 1.29 is 19.4 Å². The standard InChI is InChI=1S/C28H31ClN2O4/c1-19-15-23(12-10-20(19)11-13-26(32)33)35-25-9-5-4-7-21(25)18-31-27(34)24-17-28(2,3)16-22(29)8-6-14-30-24/h4-10,12,15-17,30H,11,13-14,18H2,1-3H3,(H,31,34)(H,32,33)/b8-6-,22-16+,24-17-. The van der Waals surface area contributed by atoms with Crippen LogP contribution in [0.2, 0.25) is 0 Å². The van der Waals surface area contributed by atoms with Crippen LogP contribution in [-0.2, 0) is 22.6 Å². The predicted octanol–water partition coefficient (Wildman–Crippen LogP) is 5.61. The van der Waals surface area contributed by atoms with Crippen LogP contribution in [0.5, 0.6) is 11.5 Å². The number of hydrogen-bond donors (Lipinski definition) is 3. The number of carboxylic acids is 1. The van der Waals surface area contributed by atoms with Crippen molar-refractivity contribution in [3.05, 3.63) is 94.2 Å². The monoisotopic (exact) mass is 494 g/mol. The molecule has 0 saturated carbocycles. The molecule has 1 amide bonds. The molecular formula is C28H31ClN2O4. The van der Waals surface area contributed by atoms with Gasteiger partial charge < -0.3 is 20.5 Å². The van der Waals surface area contributed by atoms with Gasteiger partial charge in [-0.3, -0.25) is 9.59 Å². The highest BCUT2D eigenvalue weighted by molar-refractivity contribution is 6.31. The third-order valence-electron chi connectivity index (χ3n) is 5.52. The molecule has 1 heterocycles.